The van der Waals surface area contributed by atoms with Gasteiger partial charge in [0.2, 0.25) is 0 Å². The molecule has 0 spiro atoms. The quantitative estimate of drug-likeness (QED) is 0.114. The van der Waals surface area contributed by atoms with E-state index in [0.29, 0.717) is 29.5 Å². The minimum atomic E-state index is -1.09. The van der Waals surface area contributed by atoms with Gasteiger partial charge >= 0.3 is 5.97 Å². The first-order valence-corrected chi connectivity index (χ1v) is 15.4. The van der Waals surface area contributed by atoms with Crippen molar-refractivity contribution >= 4 is 22.7 Å². The Kier molecular flexibility index (Phi) is 13.5. The van der Waals surface area contributed by atoms with Crippen molar-refractivity contribution in [1.29, 1.82) is 5.26 Å². The molecule has 3 rings (SSSR count). The lowest BCUT2D eigenvalue weighted by atomic mass is 10.00. The average Bonchev–Trinajstić information content (AvgIpc) is 3.30. The summed E-state index contributed by atoms with van der Waals surface area (Å²) in [5, 5.41) is 19.9. The smallest absolute Gasteiger partial charge is 0.353 e. The molecule has 1 heterocycles. The molecule has 1 N–H and O–H groups in total. The maximum absolute atomic E-state index is 13.4. The molecule has 3 aromatic rings. The highest BCUT2D eigenvalue weighted by molar-refractivity contribution is 6.15. The number of carbonyl (C=O) groups is 2. The Morgan fingerprint density at radius 2 is 1.27 bits per heavy atom. The van der Waals surface area contributed by atoms with Gasteiger partial charge in [0.25, 0.3) is 0 Å². The van der Waals surface area contributed by atoms with Gasteiger partial charge in [0.05, 0.1) is 17.2 Å². The number of aromatic carboxylic acids is 1. The molecular formula is C35H46N2O3. The van der Waals surface area contributed by atoms with E-state index >= 15 is 0 Å². The number of carbonyl (C=O) groups excluding carboxylic acids is 1. The summed E-state index contributed by atoms with van der Waals surface area (Å²) in [5.41, 5.74) is 2.55. The summed E-state index contributed by atoms with van der Waals surface area (Å²) in [4.78, 5) is 25.8. The number of para-hydroxylation sites is 1. The van der Waals surface area contributed by atoms with E-state index in [1.54, 1.807) is 16.7 Å². The number of ketones is 1. The van der Waals surface area contributed by atoms with E-state index in [0.717, 1.165) is 30.3 Å². The van der Waals surface area contributed by atoms with Gasteiger partial charge in [0.1, 0.15) is 5.69 Å². The van der Waals surface area contributed by atoms with Gasteiger partial charge < -0.3 is 9.67 Å². The third kappa shape index (κ3) is 9.37. The zero-order valence-electron chi connectivity index (χ0n) is 24.3. The van der Waals surface area contributed by atoms with E-state index in [2.05, 4.69) is 13.0 Å². The molecule has 0 saturated carbocycles. The van der Waals surface area contributed by atoms with Crippen molar-refractivity contribution in [2.75, 3.05) is 0 Å². The van der Waals surface area contributed by atoms with Crippen LogP contribution in [0.25, 0.3) is 10.9 Å². The van der Waals surface area contributed by atoms with Crippen LogP contribution in [0.5, 0.6) is 0 Å². The van der Waals surface area contributed by atoms with Crippen LogP contribution >= 0.6 is 0 Å². The van der Waals surface area contributed by atoms with Gasteiger partial charge in [0, 0.05) is 23.9 Å². The molecule has 0 aliphatic carbocycles. The Bertz CT molecular complexity index is 1250. The fourth-order valence-electron chi connectivity index (χ4n) is 5.62. The molecule has 1 aromatic heterocycles. The Hall–Kier alpha value is -3.39. The van der Waals surface area contributed by atoms with Crippen molar-refractivity contribution in [3.8, 4) is 6.07 Å². The second-order valence-corrected chi connectivity index (χ2v) is 11.1. The maximum Gasteiger partial charge on any atom is 0.353 e. The van der Waals surface area contributed by atoms with Crippen LogP contribution in [-0.4, -0.2) is 21.4 Å². The molecule has 5 nitrogen and oxygen atoms in total. The highest BCUT2D eigenvalue weighted by Gasteiger charge is 2.26. The molecule has 0 unspecified atom stereocenters. The second-order valence-electron chi connectivity index (χ2n) is 11.1. The van der Waals surface area contributed by atoms with Crippen LogP contribution in [0.3, 0.4) is 0 Å². The molecule has 2 aromatic carbocycles. The molecule has 0 saturated heterocycles. The molecular weight excluding hydrogens is 496 g/mol. The lowest BCUT2D eigenvalue weighted by Crippen LogP contribution is -2.14. The van der Waals surface area contributed by atoms with E-state index in [1.165, 1.54) is 77.0 Å². The third-order valence-corrected chi connectivity index (χ3v) is 7.88. The number of carboxylic acids is 1. The van der Waals surface area contributed by atoms with Crippen molar-refractivity contribution < 1.29 is 14.7 Å². The molecule has 0 radical (unpaired) electrons. The number of hydrogen-bond acceptors (Lipinski definition) is 3. The number of Topliss-reactive ketones (excluding diaryl/α,β-unsaturated/α-hetero) is 1. The standard InChI is InChI=1S/C35H46N2O3/c1-2-3-4-5-6-7-8-9-10-11-12-13-14-15-16-21-32(38)33-30-19-17-18-20-31(30)37(34(33)35(39)40)27-29-24-22-28(26-36)23-25-29/h17-20,22-25H,2-16,21,27H2,1H3,(H,39,40). The molecule has 40 heavy (non-hydrogen) atoms. The molecule has 0 aliphatic rings. The topological polar surface area (TPSA) is 83.1 Å². The summed E-state index contributed by atoms with van der Waals surface area (Å²) in [6.07, 6.45) is 19.3. The van der Waals surface area contributed by atoms with Gasteiger partial charge in [-0.15, -0.1) is 0 Å². The Labute approximate surface area is 240 Å². The van der Waals surface area contributed by atoms with Crippen LogP contribution in [0.2, 0.25) is 0 Å². The summed E-state index contributed by atoms with van der Waals surface area (Å²) in [6, 6.07) is 16.6. The number of hydrogen-bond donors (Lipinski definition) is 1. The van der Waals surface area contributed by atoms with E-state index in [-0.39, 0.29) is 11.5 Å². The molecule has 0 fully saturated rings. The normalized spacial score (nSPS) is 11.1. The van der Waals surface area contributed by atoms with Gasteiger partial charge in [-0.3, -0.25) is 4.79 Å². The lowest BCUT2D eigenvalue weighted by Gasteiger charge is -2.09. The fraction of sp³-hybridized carbons (Fsp3) is 0.514. The Balaban J connectivity index is 1.46. The second kappa shape index (κ2) is 17.3. The number of nitriles is 1. The van der Waals surface area contributed by atoms with Crippen LogP contribution in [0.15, 0.2) is 48.5 Å². The van der Waals surface area contributed by atoms with E-state index < -0.39 is 5.97 Å². The summed E-state index contributed by atoms with van der Waals surface area (Å²) in [5.74, 6) is -1.19. The van der Waals surface area contributed by atoms with Crippen molar-refractivity contribution in [3.05, 3.63) is 70.9 Å². The number of nitrogens with zero attached hydrogens (tertiary/aromatic N) is 2. The van der Waals surface area contributed by atoms with Crippen molar-refractivity contribution in [2.45, 2.75) is 116 Å². The van der Waals surface area contributed by atoms with Gasteiger partial charge in [0.15, 0.2) is 5.78 Å². The van der Waals surface area contributed by atoms with Crippen LogP contribution < -0.4 is 0 Å². The average molecular weight is 543 g/mol. The SMILES string of the molecule is CCCCCCCCCCCCCCCCCC(=O)c1c(C(=O)O)n(Cc2ccc(C#N)cc2)c2ccccc12. The first-order chi connectivity index (χ1) is 19.6. The number of benzene rings is 2. The Morgan fingerprint density at radius 1 is 0.750 bits per heavy atom. The lowest BCUT2D eigenvalue weighted by molar-refractivity contribution is 0.0681. The van der Waals surface area contributed by atoms with Crippen molar-refractivity contribution in [3.63, 3.8) is 0 Å². The minimum absolute atomic E-state index is 0.0523. The van der Waals surface area contributed by atoms with Crippen LogP contribution in [0.1, 0.15) is 142 Å². The van der Waals surface area contributed by atoms with Gasteiger partial charge in [-0.05, 0) is 30.2 Å². The first-order valence-electron chi connectivity index (χ1n) is 15.4. The molecule has 0 atom stereocenters. The van der Waals surface area contributed by atoms with E-state index in [4.69, 9.17) is 5.26 Å². The van der Waals surface area contributed by atoms with Crippen LogP contribution in [0, 0.1) is 11.3 Å². The van der Waals surface area contributed by atoms with Gasteiger partial charge in [-0.25, -0.2) is 4.79 Å². The van der Waals surface area contributed by atoms with Crippen molar-refractivity contribution in [2.24, 2.45) is 0 Å². The number of carboxylic acid groups (broad SMARTS) is 1. The summed E-state index contributed by atoms with van der Waals surface area (Å²) < 4.78 is 1.72. The van der Waals surface area contributed by atoms with Gasteiger partial charge in [-0.1, -0.05) is 127 Å². The number of aromatic nitrogens is 1. The molecule has 0 aliphatic heterocycles. The highest BCUT2D eigenvalue weighted by atomic mass is 16.4. The molecule has 214 valence electrons. The predicted molar refractivity (Wildman–Crippen MR) is 163 cm³/mol. The molecule has 5 heteroatoms. The van der Waals surface area contributed by atoms with E-state index in [1.807, 2.05) is 36.4 Å². The van der Waals surface area contributed by atoms with Gasteiger partial charge in [-0.2, -0.15) is 5.26 Å². The van der Waals surface area contributed by atoms with E-state index in [9.17, 15) is 14.7 Å². The number of unbranched alkanes of at least 4 members (excludes halogenated alkanes) is 14. The van der Waals surface area contributed by atoms with Crippen molar-refractivity contribution in [1.82, 2.24) is 4.57 Å². The number of rotatable bonds is 20. The minimum Gasteiger partial charge on any atom is -0.477 e. The Morgan fingerprint density at radius 3 is 1.80 bits per heavy atom. The highest BCUT2D eigenvalue weighted by Crippen LogP contribution is 2.29. The maximum atomic E-state index is 13.4. The number of fused-ring (bicyclic) bond motifs is 1. The van der Waals surface area contributed by atoms with Crippen LogP contribution in [0.4, 0.5) is 0 Å². The summed E-state index contributed by atoms with van der Waals surface area (Å²) in [6.45, 7) is 2.58. The first kappa shape index (κ1) is 31.1. The van der Waals surface area contributed by atoms with Crippen LogP contribution in [-0.2, 0) is 6.54 Å². The third-order valence-electron chi connectivity index (χ3n) is 7.88. The zero-order chi connectivity index (χ0) is 28.6. The zero-order valence-corrected chi connectivity index (χ0v) is 24.3. The fourth-order valence-corrected chi connectivity index (χ4v) is 5.62. The monoisotopic (exact) mass is 542 g/mol. The summed E-state index contributed by atoms with van der Waals surface area (Å²) >= 11 is 0. The molecule has 0 amide bonds. The predicted octanol–water partition coefficient (Wildman–Crippen LogP) is 9.70. The summed E-state index contributed by atoms with van der Waals surface area (Å²) in [7, 11) is 0. The molecule has 0 bridgehead atoms. The largest absolute Gasteiger partial charge is 0.477 e.